The van der Waals surface area contributed by atoms with E-state index in [1.54, 1.807) is 23.9 Å². The Labute approximate surface area is 106 Å². The molecule has 0 fully saturated rings. The molecule has 6 nitrogen and oxygen atoms in total. The van der Waals surface area contributed by atoms with Gasteiger partial charge in [-0.1, -0.05) is 5.16 Å². The number of nitrogens with zero attached hydrogens (tertiary/aromatic N) is 4. The van der Waals surface area contributed by atoms with Gasteiger partial charge in [0, 0.05) is 12.6 Å². The van der Waals surface area contributed by atoms with Crippen LogP contribution < -0.4 is 5.73 Å². The second-order valence-corrected chi connectivity index (χ2v) is 4.41. The molecule has 0 bridgehead atoms. The smallest absolute Gasteiger partial charge is 0.190 e. The lowest BCUT2D eigenvalue weighted by Gasteiger charge is -2.04. The molecule has 0 aliphatic heterocycles. The minimum Gasteiger partial charge on any atom is -0.409 e. The third kappa shape index (κ3) is 2.43. The van der Waals surface area contributed by atoms with Crippen molar-refractivity contribution in [1.29, 1.82) is 0 Å². The number of amidine groups is 1. The Balaban J connectivity index is 2.28. The Morgan fingerprint density at radius 3 is 2.89 bits per heavy atom. The maximum absolute atomic E-state index is 13.8. The predicted octanol–water partition coefficient (Wildman–Crippen LogP) is 1.20. The number of nitrogens with two attached hydrogens (primary N) is 1. The highest BCUT2D eigenvalue weighted by atomic mass is 32.2. The Morgan fingerprint density at radius 1 is 1.56 bits per heavy atom. The topological polar surface area (TPSA) is 89.3 Å². The minimum absolute atomic E-state index is 0.135. The molecule has 0 spiro atoms. The van der Waals surface area contributed by atoms with Gasteiger partial charge in [0.15, 0.2) is 11.0 Å². The first-order chi connectivity index (χ1) is 8.61. The van der Waals surface area contributed by atoms with Gasteiger partial charge in [-0.15, -0.1) is 0 Å². The van der Waals surface area contributed by atoms with E-state index in [-0.39, 0.29) is 5.84 Å². The molecule has 2 rings (SSSR count). The van der Waals surface area contributed by atoms with Crippen LogP contribution in [0.5, 0.6) is 0 Å². The van der Waals surface area contributed by atoms with E-state index in [0.717, 1.165) is 11.8 Å². The quantitative estimate of drug-likeness (QED) is 0.377. The Bertz CT molecular complexity index is 598. The van der Waals surface area contributed by atoms with Gasteiger partial charge in [-0.25, -0.2) is 14.1 Å². The van der Waals surface area contributed by atoms with Crippen molar-refractivity contribution in [1.82, 2.24) is 14.8 Å². The average molecular weight is 267 g/mol. The van der Waals surface area contributed by atoms with Crippen LogP contribution in [-0.2, 0) is 7.05 Å². The molecule has 94 valence electrons. The van der Waals surface area contributed by atoms with Crippen molar-refractivity contribution in [2.45, 2.75) is 10.1 Å². The first-order valence-corrected chi connectivity index (χ1v) is 5.72. The van der Waals surface area contributed by atoms with Crippen molar-refractivity contribution >= 4 is 17.6 Å². The van der Waals surface area contributed by atoms with Crippen LogP contribution in [0.25, 0.3) is 0 Å². The van der Waals surface area contributed by atoms with Crippen molar-refractivity contribution in [2.75, 3.05) is 0 Å². The van der Waals surface area contributed by atoms with E-state index < -0.39 is 5.82 Å². The summed E-state index contributed by atoms with van der Waals surface area (Å²) in [6, 6.07) is 4.31. The summed E-state index contributed by atoms with van der Waals surface area (Å²) in [5, 5.41) is 15.8. The molecule has 0 unspecified atom stereocenters. The third-order valence-corrected chi connectivity index (χ3v) is 3.31. The van der Waals surface area contributed by atoms with E-state index >= 15 is 0 Å². The highest BCUT2D eigenvalue weighted by Gasteiger charge is 2.10. The van der Waals surface area contributed by atoms with E-state index in [4.69, 9.17) is 10.9 Å². The summed E-state index contributed by atoms with van der Waals surface area (Å²) in [6.45, 7) is 0. The first kappa shape index (κ1) is 12.4. The van der Waals surface area contributed by atoms with Crippen LogP contribution in [0.3, 0.4) is 0 Å². The molecular weight excluding hydrogens is 257 g/mol. The van der Waals surface area contributed by atoms with Crippen LogP contribution in [0.1, 0.15) is 5.56 Å². The first-order valence-electron chi connectivity index (χ1n) is 4.91. The van der Waals surface area contributed by atoms with Crippen molar-refractivity contribution < 1.29 is 9.60 Å². The molecule has 2 aromatic rings. The van der Waals surface area contributed by atoms with Gasteiger partial charge in [0.05, 0.1) is 4.90 Å². The molecule has 0 saturated heterocycles. The zero-order chi connectivity index (χ0) is 13.1. The second kappa shape index (κ2) is 5.05. The summed E-state index contributed by atoms with van der Waals surface area (Å²) in [6.07, 6.45) is 1.39. The van der Waals surface area contributed by atoms with E-state index in [0.29, 0.717) is 15.6 Å². The van der Waals surface area contributed by atoms with E-state index in [1.807, 2.05) is 0 Å². The predicted molar refractivity (Wildman–Crippen MR) is 64.0 cm³/mol. The normalized spacial score (nSPS) is 11.8. The summed E-state index contributed by atoms with van der Waals surface area (Å²) in [4.78, 5) is 4.38. The van der Waals surface area contributed by atoms with Crippen molar-refractivity contribution in [3.63, 3.8) is 0 Å². The fourth-order valence-electron chi connectivity index (χ4n) is 1.28. The minimum atomic E-state index is -0.466. The van der Waals surface area contributed by atoms with Crippen LogP contribution in [0.2, 0.25) is 0 Å². The molecule has 3 N–H and O–H groups in total. The highest BCUT2D eigenvalue weighted by molar-refractivity contribution is 7.99. The van der Waals surface area contributed by atoms with Crippen LogP contribution in [0.15, 0.2) is 39.7 Å². The largest absolute Gasteiger partial charge is 0.409 e. The summed E-state index contributed by atoms with van der Waals surface area (Å²) >= 11 is 1.15. The SMILES string of the molecule is Cn1ncnc1Sc1ccc(/C(N)=N/O)cc1F. The fraction of sp³-hybridized carbons (Fsp3) is 0.100. The van der Waals surface area contributed by atoms with Gasteiger partial charge in [0.1, 0.15) is 12.1 Å². The maximum atomic E-state index is 13.8. The Hall–Kier alpha value is -2.09. The van der Waals surface area contributed by atoms with Crippen molar-refractivity contribution in [3.8, 4) is 0 Å². The second-order valence-electron chi connectivity index (χ2n) is 3.40. The summed E-state index contributed by atoms with van der Waals surface area (Å²) < 4.78 is 15.3. The van der Waals surface area contributed by atoms with Gasteiger partial charge >= 0.3 is 0 Å². The summed E-state index contributed by atoms with van der Waals surface area (Å²) in [5.74, 6) is -0.601. The zero-order valence-corrected chi connectivity index (χ0v) is 10.2. The fourth-order valence-corrected chi connectivity index (χ4v) is 2.05. The standard InChI is InChI=1S/C10H10FN5OS/c1-16-10(13-5-14-16)18-8-3-2-6(4-7(8)11)9(12)15-17/h2-5,17H,1H3,(H2,12,15). The Morgan fingerprint density at radius 2 is 2.33 bits per heavy atom. The van der Waals surface area contributed by atoms with Gasteiger partial charge in [-0.2, -0.15) is 5.10 Å². The lowest BCUT2D eigenvalue weighted by atomic mass is 10.2. The molecule has 0 amide bonds. The Kier molecular flexibility index (Phi) is 3.47. The molecule has 1 heterocycles. The number of benzene rings is 1. The number of rotatable bonds is 3. The lowest BCUT2D eigenvalue weighted by molar-refractivity contribution is 0.318. The third-order valence-electron chi connectivity index (χ3n) is 2.21. The molecule has 0 aliphatic rings. The molecule has 0 aliphatic carbocycles. The maximum Gasteiger partial charge on any atom is 0.190 e. The highest BCUT2D eigenvalue weighted by Crippen LogP contribution is 2.28. The van der Waals surface area contributed by atoms with Crippen molar-refractivity contribution in [2.24, 2.45) is 17.9 Å². The van der Waals surface area contributed by atoms with Gasteiger partial charge < -0.3 is 10.9 Å². The monoisotopic (exact) mass is 267 g/mol. The number of halogens is 1. The molecule has 8 heteroatoms. The lowest BCUT2D eigenvalue weighted by Crippen LogP contribution is -2.13. The molecule has 0 atom stereocenters. The summed E-state index contributed by atoms with van der Waals surface area (Å²) in [7, 11) is 1.72. The van der Waals surface area contributed by atoms with E-state index in [1.165, 1.54) is 12.4 Å². The van der Waals surface area contributed by atoms with Gasteiger partial charge in [0.25, 0.3) is 0 Å². The van der Waals surface area contributed by atoms with Crippen LogP contribution >= 0.6 is 11.8 Å². The van der Waals surface area contributed by atoms with Gasteiger partial charge in [-0.05, 0) is 30.0 Å². The number of aryl methyl sites for hydroxylation is 1. The molecule has 0 radical (unpaired) electrons. The van der Waals surface area contributed by atoms with Crippen molar-refractivity contribution in [3.05, 3.63) is 35.9 Å². The zero-order valence-electron chi connectivity index (χ0n) is 9.41. The van der Waals surface area contributed by atoms with Gasteiger partial charge in [-0.3, -0.25) is 0 Å². The molecule has 0 saturated carbocycles. The summed E-state index contributed by atoms with van der Waals surface area (Å²) in [5.41, 5.74) is 5.69. The molecule has 1 aromatic heterocycles. The number of aromatic nitrogens is 3. The number of hydrogen-bond donors (Lipinski definition) is 2. The van der Waals surface area contributed by atoms with Crippen LogP contribution in [0.4, 0.5) is 4.39 Å². The number of oxime groups is 1. The number of hydrogen-bond acceptors (Lipinski definition) is 5. The van der Waals surface area contributed by atoms with E-state index in [2.05, 4.69) is 15.2 Å². The average Bonchev–Trinajstić information content (AvgIpc) is 2.76. The molecule has 1 aromatic carbocycles. The van der Waals surface area contributed by atoms with Crippen LogP contribution in [-0.4, -0.2) is 25.8 Å². The molecular formula is C10H10FN5OS. The van der Waals surface area contributed by atoms with Gasteiger partial charge in [0.2, 0.25) is 0 Å². The van der Waals surface area contributed by atoms with Crippen LogP contribution in [0, 0.1) is 5.82 Å². The van der Waals surface area contributed by atoms with E-state index in [9.17, 15) is 4.39 Å². The molecule has 18 heavy (non-hydrogen) atoms.